The number of anilines is 1. The molecule has 0 aliphatic carbocycles. The van der Waals surface area contributed by atoms with Crippen molar-refractivity contribution < 1.29 is 9.21 Å². The molecule has 30 heavy (non-hydrogen) atoms. The molecule has 0 spiro atoms. The smallest absolute Gasteiger partial charge is 0.233 e. The Morgan fingerprint density at radius 3 is 2.70 bits per heavy atom. The molecule has 2 aromatic heterocycles. The highest BCUT2D eigenvalue weighted by molar-refractivity contribution is 7.22. The van der Waals surface area contributed by atoms with Crippen LogP contribution in [-0.4, -0.2) is 10.9 Å². The van der Waals surface area contributed by atoms with Gasteiger partial charge in [-0.25, -0.2) is 4.98 Å². The number of carbonyl (C=O) groups excluding carboxylic acids is 1. The average Bonchev–Trinajstić information content (AvgIpc) is 3.41. The molecule has 5 aromatic rings. The van der Waals surface area contributed by atoms with Crippen LogP contribution >= 0.6 is 22.9 Å². The summed E-state index contributed by atoms with van der Waals surface area (Å²) in [4.78, 5) is 19.7. The van der Waals surface area contributed by atoms with Crippen molar-refractivity contribution in [2.24, 2.45) is 0 Å². The van der Waals surface area contributed by atoms with E-state index in [1.54, 1.807) is 17.2 Å². The molecule has 5 rings (SSSR count). The van der Waals surface area contributed by atoms with Crippen LogP contribution in [0.15, 0.2) is 83.5 Å². The van der Waals surface area contributed by atoms with E-state index >= 15 is 0 Å². The number of furan rings is 1. The Labute approximate surface area is 182 Å². The normalized spacial score (nSPS) is 11.2. The van der Waals surface area contributed by atoms with Crippen molar-refractivity contribution in [2.45, 2.75) is 13.0 Å². The van der Waals surface area contributed by atoms with Crippen LogP contribution in [0.2, 0.25) is 5.02 Å². The largest absolute Gasteiger partial charge is 0.467 e. The molecule has 6 heteroatoms. The fourth-order valence-corrected chi connectivity index (χ4v) is 4.70. The third-order valence-corrected chi connectivity index (χ3v) is 6.21. The second-order valence-corrected chi connectivity index (χ2v) is 8.47. The van der Waals surface area contributed by atoms with E-state index in [0.717, 1.165) is 26.6 Å². The van der Waals surface area contributed by atoms with Gasteiger partial charge in [-0.2, -0.15) is 0 Å². The summed E-state index contributed by atoms with van der Waals surface area (Å²) >= 11 is 7.57. The first-order chi connectivity index (χ1) is 14.7. The lowest BCUT2D eigenvalue weighted by molar-refractivity contribution is -0.118. The maximum absolute atomic E-state index is 13.3. The van der Waals surface area contributed by atoms with Gasteiger partial charge in [0.1, 0.15) is 5.76 Å². The topological polar surface area (TPSA) is 46.3 Å². The third kappa shape index (κ3) is 3.82. The van der Waals surface area contributed by atoms with Gasteiger partial charge in [0.2, 0.25) is 5.91 Å². The quantitative estimate of drug-likeness (QED) is 0.319. The summed E-state index contributed by atoms with van der Waals surface area (Å²) in [7, 11) is 0. The van der Waals surface area contributed by atoms with Crippen LogP contribution in [0.3, 0.4) is 0 Å². The number of amides is 1. The number of nitrogens with zero attached hydrogens (tertiary/aromatic N) is 2. The first-order valence-corrected chi connectivity index (χ1v) is 10.7. The SMILES string of the molecule is O=C(Cc1ccc2ccccc2c1)N(Cc1ccco1)c1nc2ccc(Cl)cc2s1. The van der Waals surface area contributed by atoms with E-state index < -0.39 is 0 Å². The fourth-order valence-electron chi connectivity index (χ4n) is 3.44. The number of hydrogen-bond acceptors (Lipinski definition) is 4. The maximum Gasteiger partial charge on any atom is 0.233 e. The van der Waals surface area contributed by atoms with E-state index in [9.17, 15) is 4.79 Å². The first kappa shape index (κ1) is 18.9. The molecule has 0 radical (unpaired) electrons. The highest BCUT2D eigenvalue weighted by Gasteiger charge is 2.22. The number of fused-ring (bicyclic) bond motifs is 2. The zero-order valence-electron chi connectivity index (χ0n) is 15.9. The molecule has 0 fully saturated rings. The zero-order chi connectivity index (χ0) is 20.5. The molecule has 0 N–H and O–H groups in total. The van der Waals surface area contributed by atoms with Crippen molar-refractivity contribution in [3.63, 3.8) is 0 Å². The Bertz CT molecular complexity index is 1340. The molecule has 0 bridgehead atoms. The number of rotatable bonds is 5. The number of hydrogen-bond donors (Lipinski definition) is 0. The van der Waals surface area contributed by atoms with Gasteiger partial charge in [-0.05, 0) is 46.7 Å². The van der Waals surface area contributed by atoms with Gasteiger partial charge < -0.3 is 4.42 Å². The second kappa shape index (κ2) is 7.94. The molecule has 148 valence electrons. The van der Waals surface area contributed by atoms with Gasteiger partial charge in [-0.3, -0.25) is 9.69 Å². The molecule has 3 aromatic carbocycles. The van der Waals surface area contributed by atoms with Crippen LogP contribution < -0.4 is 4.90 Å². The number of thiazole rings is 1. The minimum Gasteiger partial charge on any atom is -0.467 e. The third-order valence-electron chi connectivity index (χ3n) is 4.93. The van der Waals surface area contributed by atoms with Gasteiger partial charge in [0.05, 0.1) is 29.4 Å². The Kier molecular flexibility index (Phi) is 4.99. The van der Waals surface area contributed by atoms with E-state index in [-0.39, 0.29) is 12.3 Å². The molecule has 0 atom stereocenters. The molecular formula is C24H17ClN2O2S. The molecule has 0 aliphatic heterocycles. The molecule has 0 saturated heterocycles. The Balaban J connectivity index is 1.48. The molecule has 1 amide bonds. The molecule has 0 aliphatic rings. The Morgan fingerprint density at radius 1 is 1.00 bits per heavy atom. The van der Waals surface area contributed by atoms with Gasteiger partial charge in [0, 0.05) is 5.02 Å². The highest BCUT2D eigenvalue weighted by atomic mass is 35.5. The van der Waals surface area contributed by atoms with Gasteiger partial charge >= 0.3 is 0 Å². The predicted molar refractivity (Wildman–Crippen MR) is 122 cm³/mol. The van der Waals surface area contributed by atoms with Crippen LogP contribution in [0.25, 0.3) is 21.0 Å². The fraction of sp³-hybridized carbons (Fsp3) is 0.0833. The van der Waals surface area contributed by atoms with Crippen molar-refractivity contribution in [3.8, 4) is 0 Å². The van der Waals surface area contributed by atoms with Gasteiger partial charge in [0.15, 0.2) is 5.13 Å². The Hall–Kier alpha value is -3.15. The van der Waals surface area contributed by atoms with Crippen molar-refractivity contribution in [3.05, 3.63) is 95.4 Å². The van der Waals surface area contributed by atoms with E-state index in [0.29, 0.717) is 22.5 Å². The molecule has 2 heterocycles. The average molecular weight is 433 g/mol. The van der Waals surface area contributed by atoms with E-state index in [4.69, 9.17) is 16.0 Å². The lowest BCUT2D eigenvalue weighted by Gasteiger charge is -2.19. The van der Waals surface area contributed by atoms with Gasteiger partial charge in [-0.1, -0.05) is 65.4 Å². The first-order valence-electron chi connectivity index (χ1n) is 9.52. The second-order valence-electron chi connectivity index (χ2n) is 7.03. The van der Waals surface area contributed by atoms with Crippen LogP contribution in [0, 0.1) is 0 Å². The summed E-state index contributed by atoms with van der Waals surface area (Å²) in [5.41, 5.74) is 1.79. The summed E-state index contributed by atoms with van der Waals surface area (Å²) in [6, 6.07) is 23.5. The number of halogens is 1. The summed E-state index contributed by atoms with van der Waals surface area (Å²) in [5.74, 6) is 0.672. The van der Waals surface area contributed by atoms with Crippen molar-refractivity contribution in [1.29, 1.82) is 0 Å². The lowest BCUT2D eigenvalue weighted by atomic mass is 10.0. The standard InChI is InChI=1S/C24H17ClN2O2S/c25-19-9-10-21-22(14-19)30-24(26-21)27(15-20-6-3-11-29-20)23(28)13-16-7-8-17-4-1-2-5-18(17)12-16/h1-12,14H,13,15H2. The summed E-state index contributed by atoms with van der Waals surface area (Å²) in [6.45, 7) is 0.326. The summed E-state index contributed by atoms with van der Waals surface area (Å²) in [5, 5.41) is 3.56. The molecule has 0 unspecified atom stereocenters. The Morgan fingerprint density at radius 2 is 1.87 bits per heavy atom. The summed E-state index contributed by atoms with van der Waals surface area (Å²) in [6.07, 6.45) is 1.89. The minimum absolute atomic E-state index is 0.0353. The van der Waals surface area contributed by atoms with Gasteiger partial charge in [-0.15, -0.1) is 0 Å². The highest BCUT2D eigenvalue weighted by Crippen LogP contribution is 2.32. The predicted octanol–water partition coefficient (Wildman–Crippen LogP) is 6.47. The minimum atomic E-state index is -0.0353. The maximum atomic E-state index is 13.3. The van der Waals surface area contributed by atoms with Crippen molar-refractivity contribution >= 4 is 55.0 Å². The van der Waals surface area contributed by atoms with Gasteiger partial charge in [0.25, 0.3) is 0 Å². The summed E-state index contributed by atoms with van der Waals surface area (Å²) < 4.78 is 6.44. The molecule has 0 saturated carbocycles. The monoisotopic (exact) mass is 432 g/mol. The number of aromatic nitrogens is 1. The molecule has 4 nitrogen and oxygen atoms in total. The lowest BCUT2D eigenvalue weighted by Crippen LogP contribution is -2.31. The van der Waals surface area contributed by atoms with Crippen molar-refractivity contribution in [2.75, 3.05) is 4.90 Å². The number of benzene rings is 3. The van der Waals surface area contributed by atoms with E-state index in [1.807, 2.05) is 42.5 Å². The van der Waals surface area contributed by atoms with Crippen LogP contribution in [-0.2, 0) is 17.8 Å². The van der Waals surface area contributed by atoms with Crippen molar-refractivity contribution in [1.82, 2.24) is 4.98 Å². The van der Waals surface area contributed by atoms with E-state index in [2.05, 4.69) is 29.2 Å². The molecular weight excluding hydrogens is 416 g/mol. The van der Waals surface area contributed by atoms with Crippen LogP contribution in [0.1, 0.15) is 11.3 Å². The van der Waals surface area contributed by atoms with Crippen LogP contribution in [0.4, 0.5) is 5.13 Å². The van der Waals surface area contributed by atoms with E-state index in [1.165, 1.54) is 11.3 Å². The zero-order valence-corrected chi connectivity index (χ0v) is 17.5. The number of carbonyl (C=O) groups is 1. The van der Waals surface area contributed by atoms with Crippen LogP contribution in [0.5, 0.6) is 0 Å².